The van der Waals surface area contributed by atoms with E-state index in [1.54, 1.807) is 18.2 Å². The standard InChI is InChI=1S/C17H23NO5/c1-3-10-23-14-8-7-12(11-15(14)22-4-2)16(19)18-9-5-6-13(18)17(20)21/h7-8,11,13H,3-6,9-10H2,1-2H3,(H,20,21)/t13-/m0/s1. The van der Waals surface area contributed by atoms with Gasteiger partial charge in [0, 0.05) is 12.1 Å². The lowest BCUT2D eigenvalue weighted by molar-refractivity contribution is -0.141. The number of nitrogens with zero attached hydrogens (tertiary/aromatic N) is 1. The Labute approximate surface area is 136 Å². The van der Waals surface area contributed by atoms with Crippen LogP contribution in [0, 0.1) is 0 Å². The Hall–Kier alpha value is -2.24. The van der Waals surface area contributed by atoms with E-state index in [0.717, 1.165) is 6.42 Å². The maximum atomic E-state index is 12.6. The number of carboxylic acid groups (broad SMARTS) is 1. The number of carbonyl (C=O) groups is 2. The minimum atomic E-state index is -0.955. The average Bonchev–Trinajstić information content (AvgIpc) is 3.03. The predicted octanol–water partition coefficient (Wildman–Crippen LogP) is 2.56. The molecule has 0 spiro atoms. The molecule has 1 N–H and O–H groups in total. The Bertz CT molecular complexity index is 572. The van der Waals surface area contributed by atoms with Gasteiger partial charge in [0.1, 0.15) is 6.04 Å². The normalized spacial score (nSPS) is 17.1. The van der Waals surface area contributed by atoms with Gasteiger partial charge < -0.3 is 19.5 Å². The number of ether oxygens (including phenoxy) is 2. The SMILES string of the molecule is CCCOc1ccc(C(=O)N2CCC[C@H]2C(=O)O)cc1OCC. The van der Waals surface area contributed by atoms with Crippen molar-refractivity contribution in [2.45, 2.75) is 39.2 Å². The van der Waals surface area contributed by atoms with Gasteiger partial charge in [0.2, 0.25) is 0 Å². The second-order valence-corrected chi connectivity index (χ2v) is 5.44. The maximum Gasteiger partial charge on any atom is 0.326 e. The van der Waals surface area contributed by atoms with Gasteiger partial charge in [-0.1, -0.05) is 6.92 Å². The monoisotopic (exact) mass is 321 g/mol. The molecule has 1 heterocycles. The molecule has 0 radical (unpaired) electrons. The Morgan fingerprint density at radius 3 is 2.70 bits per heavy atom. The maximum absolute atomic E-state index is 12.6. The van der Waals surface area contributed by atoms with Crippen molar-refractivity contribution in [3.05, 3.63) is 23.8 Å². The van der Waals surface area contributed by atoms with Crippen LogP contribution in [0.4, 0.5) is 0 Å². The molecule has 1 aliphatic heterocycles. The molecule has 0 saturated carbocycles. The molecule has 0 bridgehead atoms. The number of carboxylic acids is 1. The minimum absolute atomic E-state index is 0.280. The molecule has 6 heteroatoms. The van der Waals surface area contributed by atoms with Crippen LogP contribution in [0.2, 0.25) is 0 Å². The smallest absolute Gasteiger partial charge is 0.326 e. The summed E-state index contributed by atoms with van der Waals surface area (Å²) >= 11 is 0. The number of likely N-dealkylation sites (tertiary alicyclic amines) is 1. The van der Waals surface area contributed by atoms with E-state index < -0.39 is 12.0 Å². The average molecular weight is 321 g/mol. The molecule has 6 nitrogen and oxygen atoms in total. The first-order chi connectivity index (χ1) is 11.1. The molecule has 23 heavy (non-hydrogen) atoms. The largest absolute Gasteiger partial charge is 0.490 e. The van der Waals surface area contributed by atoms with Gasteiger partial charge in [-0.05, 0) is 44.4 Å². The van der Waals surface area contributed by atoms with E-state index in [-0.39, 0.29) is 5.91 Å². The lowest BCUT2D eigenvalue weighted by Gasteiger charge is -2.22. The molecule has 1 fully saturated rings. The fourth-order valence-corrected chi connectivity index (χ4v) is 2.67. The summed E-state index contributed by atoms with van der Waals surface area (Å²) in [5.74, 6) is -0.124. The molecule has 0 unspecified atom stereocenters. The number of amides is 1. The van der Waals surface area contributed by atoms with Crippen molar-refractivity contribution in [3.63, 3.8) is 0 Å². The van der Waals surface area contributed by atoms with Crippen molar-refractivity contribution in [2.24, 2.45) is 0 Å². The summed E-state index contributed by atoms with van der Waals surface area (Å²) in [6, 6.07) is 4.26. The summed E-state index contributed by atoms with van der Waals surface area (Å²) in [6.07, 6.45) is 2.08. The van der Waals surface area contributed by atoms with Gasteiger partial charge in [-0.15, -0.1) is 0 Å². The highest BCUT2D eigenvalue weighted by Gasteiger charge is 2.34. The van der Waals surface area contributed by atoms with Crippen LogP contribution in [0.25, 0.3) is 0 Å². The lowest BCUT2D eigenvalue weighted by Crippen LogP contribution is -2.40. The first kappa shape index (κ1) is 17.1. The number of hydrogen-bond donors (Lipinski definition) is 1. The summed E-state index contributed by atoms with van der Waals surface area (Å²) in [7, 11) is 0. The van der Waals surface area contributed by atoms with Crippen LogP contribution in [-0.4, -0.2) is 47.7 Å². The van der Waals surface area contributed by atoms with Crippen molar-refractivity contribution in [3.8, 4) is 11.5 Å². The third-order valence-corrected chi connectivity index (χ3v) is 3.75. The lowest BCUT2D eigenvalue weighted by atomic mass is 10.1. The van der Waals surface area contributed by atoms with Gasteiger partial charge in [0.25, 0.3) is 5.91 Å². The highest BCUT2D eigenvalue weighted by molar-refractivity contribution is 5.97. The number of hydrogen-bond acceptors (Lipinski definition) is 4. The van der Waals surface area contributed by atoms with Crippen LogP contribution in [0.15, 0.2) is 18.2 Å². The van der Waals surface area contributed by atoms with Gasteiger partial charge in [-0.25, -0.2) is 4.79 Å². The van der Waals surface area contributed by atoms with Crippen LogP contribution < -0.4 is 9.47 Å². The molecule has 1 atom stereocenters. The zero-order chi connectivity index (χ0) is 16.8. The third-order valence-electron chi connectivity index (χ3n) is 3.75. The highest BCUT2D eigenvalue weighted by Crippen LogP contribution is 2.30. The summed E-state index contributed by atoms with van der Waals surface area (Å²) in [6.45, 7) is 5.37. The molecule has 1 aromatic rings. The molecule has 0 aromatic heterocycles. The van der Waals surface area contributed by atoms with Crippen LogP contribution in [0.1, 0.15) is 43.5 Å². The minimum Gasteiger partial charge on any atom is -0.490 e. The van der Waals surface area contributed by atoms with E-state index in [2.05, 4.69) is 0 Å². The van der Waals surface area contributed by atoms with Crippen molar-refractivity contribution < 1.29 is 24.2 Å². The van der Waals surface area contributed by atoms with Gasteiger partial charge in [0.15, 0.2) is 11.5 Å². The van der Waals surface area contributed by atoms with Crippen LogP contribution in [-0.2, 0) is 4.79 Å². The fourth-order valence-electron chi connectivity index (χ4n) is 2.67. The van der Waals surface area contributed by atoms with Crippen molar-refractivity contribution in [1.29, 1.82) is 0 Å². The number of benzene rings is 1. The van der Waals surface area contributed by atoms with Gasteiger partial charge in [-0.2, -0.15) is 0 Å². The second-order valence-electron chi connectivity index (χ2n) is 5.44. The van der Waals surface area contributed by atoms with Gasteiger partial charge in [0.05, 0.1) is 13.2 Å². The highest BCUT2D eigenvalue weighted by atomic mass is 16.5. The number of carbonyl (C=O) groups excluding carboxylic acids is 1. The first-order valence-corrected chi connectivity index (χ1v) is 8.01. The van der Waals surface area contributed by atoms with Crippen LogP contribution in [0.3, 0.4) is 0 Å². The quantitative estimate of drug-likeness (QED) is 0.835. The molecule has 1 saturated heterocycles. The first-order valence-electron chi connectivity index (χ1n) is 8.01. The van der Waals surface area contributed by atoms with E-state index in [4.69, 9.17) is 9.47 Å². The molecule has 1 amide bonds. The molecule has 2 rings (SSSR count). The van der Waals surface area contributed by atoms with E-state index in [0.29, 0.717) is 49.7 Å². The summed E-state index contributed by atoms with van der Waals surface area (Å²) in [4.78, 5) is 25.3. The number of aliphatic carboxylic acids is 1. The van der Waals surface area contributed by atoms with E-state index in [1.165, 1.54) is 4.90 Å². The summed E-state index contributed by atoms with van der Waals surface area (Å²) < 4.78 is 11.2. The predicted molar refractivity (Wildman–Crippen MR) is 85.1 cm³/mol. The molecule has 1 aromatic carbocycles. The van der Waals surface area contributed by atoms with E-state index >= 15 is 0 Å². The molecular weight excluding hydrogens is 298 g/mol. The zero-order valence-corrected chi connectivity index (χ0v) is 13.6. The number of rotatable bonds is 7. The summed E-state index contributed by atoms with van der Waals surface area (Å²) in [5.41, 5.74) is 0.422. The topological polar surface area (TPSA) is 76.1 Å². The van der Waals surface area contributed by atoms with Crippen LogP contribution >= 0.6 is 0 Å². The fraction of sp³-hybridized carbons (Fsp3) is 0.529. The third kappa shape index (κ3) is 3.94. The molecule has 1 aliphatic rings. The van der Waals surface area contributed by atoms with E-state index in [1.807, 2.05) is 13.8 Å². The van der Waals surface area contributed by atoms with Crippen molar-refractivity contribution >= 4 is 11.9 Å². The van der Waals surface area contributed by atoms with E-state index in [9.17, 15) is 14.7 Å². The molecule has 0 aliphatic carbocycles. The Morgan fingerprint density at radius 1 is 1.26 bits per heavy atom. The molecule has 126 valence electrons. The van der Waals surface area contributed by atoms with Crippen molar-refractivity contribution in [2.75, 3.05) is 19.8 Å². The van der Waals surface area contributed by atoms with Gasteiger partial charge >= 0.3 is 5.97 Å². The second kappa shape index (κ2) is 7.85. The summed E-state index contributed by atoms with van der Waals surface area (Å²) in [5, 5.41) is 9.22. The Kier molecular flexibility index (Phi) is 5.84. The zero-order valence-electron chi connectivity index (χ0n) is 13.6. The molecular formula is C17H23NO5. The Morgan fingerprint density at radius 2 is 2.04 bits per heavy atom. The Balaban J connectivity index is 2.23. The van der Waals surface area contributed by atoms with Crippen molar-refractivity contribution in [1.82, 2.24) is 4.90 Å². The van der Waals surface area contributed by atoms with Gasteiger partial charge in [-0.3, -0.25) is 4.79 Å². The van der Waals surface area contributed by atoms with Crippen LogP contribution in [0.5, 0.6) is 11.5 Å².